The van der Waals surface area contributed by atoms with Crippen molar-refractivity contribution in [1.29, 1.82) is 0 Å². The smallest absolute Gasteiger partial charge is 0.0224 e. The van der Waals surface area contributed by atoms with Gasteiger partial charge < -0.3 is 4.90 Å². The maximum atomic E-state index is 2.83. The van der Waals surface area contributed by atoms with Gasteiger partial charge in [-0.25, -0.2) is 0 Å². The van der Waals surface area contributed by atoms with E-state index in [0.29, 0.717) is 0 Å². The summed E-state index contributed by atoms with van der Waals surface area (Å²) < 4.78 is 0. The first kappa shape index (κ1) is 12.9. The highest BCUT2D eigenvalue weighted by Crippen LogP contribution is 2.24. The van der Waals surface area contributed by atoms with Crippen LogP contribution in [0, 0.1) is 0 Å². The highest BCUT2D eigenvalue weighted by Gasteiger charge is 2.32. The van der Waals surface area contributed by atoms with Crippen LogP contribution in [0.25, 0.3) is 0 Å². The van der Waals surface area contributed by atoms with Gasteiger partial charge in [0.15, 0.2) is 0 Å². The second-order valence-corrected chi connectivity index (χ2v) is 6.37. The molecule has 3 heteroatoms. The van der Waals surface area contributed by atoms with Crippen molar-refractivity contribution in [2.24, 2.45) is 0 Å². The van der Waals surface area contributed by atoms with E-state index in [4.69, 9.17) is 0 Å². The molecule has 0 radical (unpaired) electrons. The van der Waals surface area contributed by atoms with Crippen molar-refractivity contribution in [3.8, 4) is 0 Å². The largest absolute Gasteiger partial charge is 0.302 e. The Morgan fingerprint density at radius 2 is 1.44 bits per heavy atom. The normalized spacial score (nSPS) is 36.5. The van der Waals surface area contributed by atoms with Crippen LogP contribution in [0.4, 0.5) is 0 Å². The van der Waals surface area contributed by atoms with Gasteiger partial charge in [0.25, 0.3) is 0 Å². The molecule has 3 heterocycles. The Hall–Kier alpha value is -0.120. The van der Waals surface area contributed by atoms with Crippen molar-refractivity contribution in [1.82, 2.24) is 14.7 Å². The molecule has 0 amide bonds. The summed E-state index contributed by atoms with van der Waals surface area (Å²) in [6.45, 7) is 11.6. The molecule has 0 spiro atoms. The Labute approximate surface area is 112 Å². The highest BCUT2D eigenvalue weighted by atomic mass is 15.3. The summed E-state index contributed by atoms with van der Waals surface area (Å²) in [6.07, 6.45) is 7.11. The molecule has 3 nitrogen and oxygen atoms in total. The molecule has 18 heavy (non-hydrogen) atoms. The molecule has 3 saturated heterocycles. The van der Waals surface area contributed by atoms with Gasteiger partial charge in [0.2, 0.25) is 0 Å². The molecule has 2 unspecified atom stereocenters. The number of fused-ring (bicyclic) bond motifs is 1. The van der Waals surface area contributed by atoms with E-state index in [1.165, 1.54) is 77.9 Å². The molecule has 0 aromatic rings. The van der Waals surface area contributed by atoms with E-state index in [1.54, 1.807) is 0 Å². The van der Waals surface area contributed by atoms with Gasteiger partial charge in [-0.3, -0.25) is 9.80 Å². The topological polar surface area (TPSA) is 9.72 Å². The van der Waals surface area contributed by atoms with Gasteiger partial charge in [-0.1, -0.05) is 6.92 Å². The fourth-order valence-electron chi connectivity index (χ4n) is 4.18. The quantitative estimate of drug-likeness (QED) is 0.739. The van der Waals surface area contributed by atoms with Gasteiger partial charge in [0.05, 0.1) is 0 Å². The summed E-state index contributed by atoms with van der Waals surface area (Å²) in [7, 11) is 0. The van der Waals surface area contributed by atoms with Crippen LogP contribution in [0.3, 0.4) is 0 Å². The van der Waals surface area contributed by atoms with Gasteiger partial charge in [0, 0.05) is 25.2 Å². The molecule has 0 aromatic carbocycles. The predicted molar refractivity (Wildman–Crippen MR) is 75.9 cm³/mol. The zero-order chi connectivity index (χ0) is 12.4. The average molecular weight is 251 g/mol. The van der Waals surface area contributed by atoms with Crippen LogP contribution in [-0.2, 0) is 0 Å². The summed E-state index contributed by atoms with van der Waals surface area (Å²) in [5, 5.41) is 0. The maximum Gasteiger partial charge on any atom is 0.0224 e. The van der Waals surface area contributed by atoms with Gasteiger partial charge >= 0.3 is 0 Å². The van der Waals surface area contributed by atoms with Gasteiger partial charge in [-0.2, -0.15) is 0 Å². The van der Waals surface area contributed by atoms with Crippen LogP contribution >= 0.6 is 0 Å². The van der Waals surface area contributed by atoms with E-state index < -0.39 is 0 Å². The van der Waals surface area contributed by atoms with Crippen LogP contribution in [0.2, 0.25) is 0 Å². The van der Waals surface area contributed by atoms with Crippen molar-refractivity contribution in [3.05, 3.63) is 0 Å². The van der Waals surface area contributed by atoms with Crippen molar-refractivity contribution in [2.45, 2.75) is 51.1 Å². The van der Waals surface area contributed by atoms with Gasteiger partial charge in [-0.05, 0) is 64.8 Å². The minimum Gasteiger partial charge on any atom is -0.302 e. The lowest BCUT2D eigenvalue weighted by Crippen LogP contribution is -2.50. The van der Waals surface area contributed by atoms with Crippen molar-refractivity contribution < 1.29 is 0 Å². The summed E-state index contributed by atoms with van der Waals surface area (Å²) in [5.41, 5.74) is 0. The fraction of sp³-hybridized carbons (Fsp3) is 1.00. The molecule has 0 N–H and O–H groups in total. The Kier molecular flexibility index (Phi) is 4.22. The van der Waals surface area contributed by atoms with E-state index in [2.05, 4.69) is 21.6 Å². The van der Waals surface area contributed by atoms with E-state index in [1.807, 2.05) is 0 Å². The third kappa shape index (κ3) is 2.73. The maximum absolute atomic E-state index is 2.83. The van der Waals surface area contributed by atoms with Crippen molar-refractivity contribution >= 4 is 0 Å². The molecular weight excluding hydrogens is 222 g/mol. The van der Waals surface area contributed by atoms with Crippen LogP contribution in [0.15, 0.2) is 0 Å². The van der Waals surface area contributed by atoms with Crippen LogP contribution in [0.5, 0.6) is 0 Å². The Bertz CT molecular complexity index is 268. The van der Waals surface area contributed by atoms with E-state index in [0.717, 1.165) is 12.1 Å². The number of likely N-dealkylation sites (N-methyl/N-ethyl adjacent to an activating group) is 1. The molecule has 0 aliphatic carbocycles. The summed E-state index contributed by atoms with van der Waals surface area (Å²) in [6, 6.07) is 1.73. The summed E-state index contributed by atoms with van der Waals surface area (Å²) in [4.78, 5) is 8.23. The lowest BCUT2D eigenvalue weighted by Gasteiger charge is -2.39. The molecule has 0 aromatic heterocycles. The lowest BCUT2D eigenvalue weighted by molar-refractivity contribution is 0.0938. The van der Waals surface area contributed by atoms with E-state index >= 15 is 0 Å². The molecule has 3 fully saturated rings. The molecule has 0 saturated carbocycles. The SMILES string of the molecule is CCN1CCCC(N2CCCN3CCCC3C2)C1. The zero-order valence-corrected chi connectivity index (χ0v) is 12.0. The summed E-state index contributed by atoms with van der Waals surface area (Å²) >= 11 is 0. The second kappa shape index (κ2) is 5.89. The lowest BCUT2D eigenvalue weighted by atomic mass is 10.0. The second-order valence-electron chi connectivity index (χ2n) is 6.37. The zero-order valence-electron chi connectivity index (χ0n) is 12.0. The number of hydrogen-bond donors (Lipinski definition) is 0. The molecule has 3 aliphatic rings. The average Bonchev–Trinajstić information content (AvgIpc) is 2.76. The van der Waals surface area contributed by atoms with Gasteiger partial charge in [-0.15, -0.1) is 0 Å². The molecule has 0 bridgehead atoms. The summed E-state index contributed by atoms with van der Waals surface area (Å²) in [5.74, 6) is 0. The van der Waals surface area contributed by atoms with Crippen LogP contribution in [0.1, 0.15) is 39.0 Å². The Balaban J connectivity index is 1.60. The number of rotatable bonds is 2. The predicted octanol–water partition coefficient (Wildman–Crippen LogP) is 1.64. The first-order chi connectivity index (χ1) is 8.86. The number of piperidine rings is 1. The minimum absolute atomic E-state index is 0.847. The van der Waals surface area contributed by atoms with Gasteiger partial charge in [0.1, 0.15) is 0 Å². The highest BCUT2D eigenvalue weighted by molar-refractivity contribution is 4.89. The first-order valence-corrected chi connectivity index (χ1v) is 8.07. The first-order valence-electron chi connectivity index (χ1n) is 8.07. The number of hydrogen-bond acceptors (Lipinski definition) is 3. The van der Waals surface area contributed by atoms with Crippen molar-refractivity contribution in [2.75, 3.05) is 45.8 Å². The minimum atomic E-state index is 0.847. The molecule has 2 atom stereocenters. The van der Waals surface area contributed by atoms with E-state index in [-0.39, 0.29) is 0 Å². The van der Waals surface area contributed by atoms with Crippen LogP contribution in [-0.4, -0.2) is 72.6 Å². The Morgan fingerprint density at radius 3 is 2.28 bits per heavy atom. The Morgan fingerprint density at radius 1 is 0.778 bits per heavy atom. The number of nitrogens with zero attached hydrogens (tertiary/aromatic N) is 3. The molecule has 3 rings (SSSR count). The third-order valence-electron chi connectivity index (χ3n) is 5.28. The fourth-order valence-corrected chi connectivity index (χ4v) is 4.18. The van der Waals surface area contributed by atoms with Crippen molar-refractivity contribution in [3.63, 3.8) is 0 Å². The molecular formula is C15H29N3. The molecule has 3 aliphatic heterocycles. The third-order valence-corrected chi connectivity index (χ3v) is 5.28. The van der Waals surface area contributed by atoms with Crippen LogP contribution < -0.4 is 0 Å². The number of likely N-dealkylation sites (tertiary alicyclic amines) is 1. The monoisotopic (exact) mass is 251 g/mol. The molecule has 104 valence electrons. The standard InChI is InChI=1S/C15H29N3/c1-2-16-8-3-6-14(12-16)18-11-5-10-17-9-4-7-15(17)13-18/h14-15H,2-13H2,1H3. The van der Waals surface area contributed by atoms with E-state index in [9.17, 15) is 0 Å².